The van der Waals surface area contributed by atoms with Crippen LogP contribution in [0.1, 0.15) is 18.4 Å². The molecule has 0 aromatic heterocycles. The zero-order valence-electron chi connectivity index (χ0n) is 8.91. The van der Waals surface area contributed by atoms with Crippen molar-refractivity contribution < 1.29 is 9.47 Å². The van der Waals surface area contributed by atoms with Crippen LogP contribution in [0.3, 0.4) is 0 Å². The third-order valence-corrected chi connectivity index (χ3v) is 3.67. The van der Waals surface area contributed by atoms with Crippen molar-refractivity contribution >= 4 is 21.5 Å². The molecule has 1 aromatic carbocycles. The smallest absolute Gasteiger partial charge is 0.129 e. The highest BCUT2D eigenvalue weighted by molar-refractivity contribution is 9.10. The fourth-order valence-corrected chi connectivity index (χ4v) is 2.73. The molecule has 0 aliphatic carbocycles. The van der Waals surface area contributed by atoms with Crippen molar-refractivity contribution in [1.82, 2.24) is 0 Å². The molecule has 2 aliphatic rings. The molecule has 0 saturated carbocycles. The van der Waals surface area contributed by atoms with E-state index >= 15 is 0 Å². The Balaban J connectivity index is 2.03. The van der Waals surface area contributed by atoms with E-state index in [1.54, 1.807) is 0 Å². The molecule has 3 rings (SSSR count). The average Bonchev–Trinajstić information content (AvgIpc) is 2.31. The second kappa shape index (κ2) is 3.90. The van der Waals surface area contributed by atoms with Gasteiger partial charge in [-0.25, -0.2) is 0 Å². The summed E-state index contributed by atoms with van der Waals surface area (Å²) in [5.41, 5.74) is 2.12. The maximum Gasteiger partial charge on any atom is 0.129 e. The summed E-state index contributed by atoms with van der Waals surface area (Å²) in [5.74, 6) is 0.931. The Morgan fingerprint density at radius 3 is 3.12 bits per heavy atom. The first-order chi connectivity index (χ1) is 7.75. The Labute approximate surface area is 103 Å². The topological polar surface area (TPSA) is 18.5 Å². The molecule has 0 spiro atoms. The van der Waals surface area contributed by atoms with Gasteiger partial charge in [0.05, 0.1) is 0 Å². The zero-order valence-corrected chi connectivity index (χ0v) is 10.5. The lowest BCUT2D eigenvalue weighted by molar-refractivity contribution is -0.0365. The van der Waals surface area contributed by atoms with Crippen molar-refractivity contribution in [2.24, 2.45) is 0 Å². The molecular formula is C13H13BrO2. The molecule has 16 heavy (non-hydrogen) atoms. The van der Waals surface area contributed by atoms with Crippen molar-refractivity contribution in [3.8, 4) is 5.75 Å². The van der Waals surface area contributed by atoms with Gasteiger partial charge in [0.2, 0.25) is 0 Å². The highest BCUT2D eigenvalue weighted by Crippen LogP contribution is 2.40. The number of hydrogen-bond donors (Lipinski definition) is 0. The molecule has 3 heteroatoms. The van der Waals surface area contributed by atoms with E-state index in [1.165, 1.54) is 0 Å². The minimum Gasteiger partial charge on any atom is -0.487 e. The van der Waals surface area contributed by atoms with E-state index in [2.05, 4.69) is 22.5 Å². The fourth-order valence-electron chi connectivity index (χ4n) is 2.37. The van der Waals surface area contributed by atoms with Crippen LogP contribution in [-0.2, 0) is 4.74 Å². The number of halogens is 1. The molecule has 0 amide bonds. The molecule has 1 fully saturated rings. The summed E-state index contributed by atoms with van der Waals surface area (Å²) in [5, 5.41) is 0. The number of fused-ring (bicyclic) bond motifs is 2. The van der Waals surface area contributed by atoms with Gasteiger partial charge >= 0.3 is 0 Å². The summed E-state index contributed by atoms with van der Waals surface area (Å²) in [4.78, 5) is 0. The van der Waals surface area contributed by atoms with Gasteiger partial charge < -0.3 is 9.47 Å². The summed E-state index contributed by atoms with van der Waals surface area (Å²) < 4.78 is 12.8. The number of ether oxygens (including phenoxy) is 2. The monoisotopic (exact) mass is 280 g/mol. The van der Waals surface area contributed by atoms with Crippen LogP contribution >= 0.6 is 15.9 Å². The van der Waals surface area contributed by atoms with Gasteiger partial charge in [-0.05, 0) is 36.6 Å². The predicted molar refractivity (Wildman–Crippen MR) is 66.6 cm³/mol. The second-order valence-corrected chi connectivity index (χ2v) is 5.17. The van der Waals surface area contributed by atoms with Gasteiger partial charge in [-0.2, -0.15) is 0 Å². The molecule has 84 valence electrons. The molecule has 1 saturated heterocycles. The summed E-state index contributed by atoms with van der Waals surface area (Å²) in [6.07, 6.45) is 2.31. The van der Waals surface area contributed by atoms with Crippen molar-refractivity contribution in [3.05, 3.63) is 34.8 Å². The molecule has 2 atom stereocenters. The van der Waals surface area contributed by atoms with Crippen LogP contribution in [0.2, 0.25) is 0 Å². The van der Waals surface area contributed by atoms with Gasteiger partial charge in [0.25, 0.3) is 0 Å². The molecule has 2 aliphatic heterocycles. The van der Waals surface area contributed by atoms with Crippen LogP contribution < -0.4 is 4.74 Å². The summed E-state index contributed by atoms with van der Waals surface area (Å²) in [7, 11) is 0. The van der Waals surface area contributed by atoms with Gasteiger partial charge in [0.1, 0.15) is 18.0 Å². The maximum atomic E-state index is 5.95. The van der Waals surface area contributed by atoms with E-state index < -0.39 is 0 Å². The molecule has 0 radical (unpaired) electrons. The van der Waals surface area contributed by atoms with Crippen LogP contribution in [-0.4, -0.2) is 18.8 Å². The Hall–Kier alpha value is -0.800. The van der Waals surface area contributed by atoms with Crippen molar-refractivity contribution in [2.75, 3.05) is 6.61 Å². The first-order valence-corrected chi connectivity index (χ1v) is 6.32. The fraction of sp³-hybridized carbons (Fsp3) is 0.385. The van der Waals surface area contributed by atoms with E-state index in [0.717, 1.165) is 40.8 Å². The van der Waals surface area contributed by atoms with E-state index in [1.807, 2.05) is 18.2 Å². The number of benzene rings is 1. The average molecular weight is 281 g/mol. The van der Waals surface area contributed by atoms with Crippen LogP contribution in [0.25, 0.3) is 5.57 Å². The quantitative estimate of drug-likeness (QED) is 0.725. The van der Waals surface area contributed by atoms with Crippen LogP contribution in [0.5, 0.6) is 5.75 Å². The Morgan fingerprint density at radius 1 is 1.38 bits per heavy atom. The van der Waals surface area contributed by atoms with Crippen molar-refractivity contribution in [1.29, 1.82) is 0 Å². The third-order valence-electron chi connectivity index (χ3n) is 3.18. The third kappa shape index (κ3) is 1.59. The van der Waals surface area contributed by atoms with Crippen LogP contribution in [0, 0.1) is 0 Å². The first kappa shape index (κ1) is 10.4. The minimum atomic E-state index is 0.0375. The van der Waals surface area contributed by atoms with Gasteiger partial charge in [-0.3, -0.25) is 0 Å². The SMILES string of the molecule is C=C1c2cc(Br)ccc2O[C@H]2CCCO[C@H]12. The second-order valence-electron chi connectivity index (χ2n) is 4.26. The standard InChI is InChI=1S/C13H13BrO2/c1-8-10-7-9(14)4-5-11(10)16-12-3-2-6-15-13(8)12/h4-5,7,12-13H,1-3,6H2/t12-,13+/m0/s1. The highest BCUT2D eigenvalue weighted by atomic mass is 79.9. The van der Waals surface area contributed by atoms with Gasteiger partial charge in [0, 0.05) is 16.6 Å². The lowest BCUT2D eigenvalue weighted by Crippen LogP contribution is -2.41. The van der Waals surface area contributed by atoms with E-state index in [0.29, 0.717) is 0 Å². The van der Waals surface area contributed by atoms with Crippen LogP contribution in [0.15, 0.2) is 29.3 Å². The Kier molecular flexibility index (Phi) is 2.52. The molecule has 0 bridgehead atoms. The molecule has 2 heterocycles. The minimum absolute atomic E-state index is 0.0375. The largest absolute Gasteiger partial charge is 0.487 e. The Morgan fingerprint density at radius 2 is 2.25 bits per heavy atom. The predicted octanol–water partition coefficient (Wildman–Crippen LogP) is 3.40. The normalized spacial score (nSPS) is 27.9. The molecular weight excluding hydrogens is 268 g/mol. The zero-order chi connectivity index (χ0) is 11.1. The van der Waals surface area contributed by atoms with Crippen molar-refractivity contribution in [3.63, 3.8) is 0 Å². The Bertz CT molecular complexity index is 442. The molecule has 0 N–H and O–H groups in total. The van der Waals surface area contributed by atoms with E-state index in [4.69, 9.17) is 9.47 Å². The summed E-state index contributed by atoms with van der Waals surface area (Å²) in [6, 6.07) is 6.04. The summed E-state index contributed by atoms with van der Waals surface area (Å²) >= 11 is 3.47. The first-order valence-electron chi connectivity index (χ1n) is 5.53. The highest BCUT2D eigenvalue weighted by Gasteiger charge is 2.35. The number of hydrogen-bond acceptors (Lipinski definition) is 2. The number of rotatable bonds is 0. The molecule has 2 nitrogen and oxygen atoms in total. The lowest BCUT2D eigenvalue weighted by atomic mass is 9.91. The van der Waals surface area contributed by atoms with Gasteiger partial charge in [0.15, 0.2) is 0 Å². The van der Waals surface area contributed by atoms with Gasteiger partial charge in [-0.15, -0.1) is 0 Å². The van der Waals surface area contributed by atoms with Crippen LogP contribution in [0.4, 0.5) is 0 Å². The maximum absolute atomic E-state index is 5.95. The molecule has 0 unspecified atom stereocenters. The van der Waals surface area contributed by atoms with Gasteiger partial charge in [-0.1, -0.05) is 22.5 Å². The van der Waals surface area contributed by atoms with E-state index in [-0.39, 0.29) is 12.2 Å². The lowest BCUT2D eigenvalue weighted by Gasteiger charge is -2.38. The van der Waals surface area contributed by atoms with E-state index in [9.17, 15) is 0 Å². The van der Waals surface area contributed by atoms with Crippen molar-refractivity contribution in [2.45, 2.75) is 25.0 Å². The summed E-state index contributed by atoms with van der Waals surface area (Å²) in [6.45, 7) is 4.97. The molecule has 1 aromatic rings.